The Kier molecular flexibility index (Phi) is 4.59. The van der Waals surface area contributed by atoms with Crippen molar-refractivity contribution >= 4 is 15.9 Å². The van der Waals surface area contributed by atoms with Gasteiger partial charge in [-0.15, -0.1) is 0 Å². The van der Waals surface area contributed by atoms with Gasteiger partial charge in [0.05, 0.1) is 0 Å². The smallest absolute Gasteiger partial charge is 0.0170 e. The molecule has 1 aliphatic rings. The van der Waals surface area contributed by atoms with Crippen LogP contribution in [-0.4, -0.2) is 29.4 Å². The van der Waals surface area contributed by atoms with Gasteiger partial charge in [-0.1, -0.05) is 29.8 Å². The highest BCUT2D eigenvalue weighted by Gasteiger charge is 2.16. The van der Waals surface area contributed by atoms with E-state index >= 15 is 0 Å². The summed E-state index contributed by atoms with van der Waals surface area (Å²) in [4.78, 5) is 3.38. The molecule has 0 aromatic carbocycles. The molecule has 12 heavy (non-hydrogen) atoms. The second-order valence-electron chi connectivity index (χ2n) is 4.20. The molecule has 0 unspecified atom stereocenters. The van der Waals surface area contributed by atoms with Gasteiger partial charge < -0.3 is 4.90 Å². The molecule has 1 aliphatic heterocycles. The number of alkyl halides is 1. The van der Waals surface area contributed by atoms with Crippen molar-refractivity contribution in [3.05, 3.63) is 0 Å². The molecule has 1 heterocycles. The lowest BCUT2D eigenvalue weighted by Gasteiger charge is -2.29. The van der Waals surface area contributed by atoms with Crippen LogP contribution in [0.4, 0.5) is 0 Å². The van der Waals surface area contributed by atoms with Crippen LogP contribution < -0.4 is 0 Å². The van der Waals surface area contributed by atoms with E-state index in [0.717, 1.165) is 10.7 Å². The van der Waals surface area contributed by atoms with E-state index in [1.165, 1.54) is 38.9 Å². The fourth-order valence-corrected chi connectivity index (χ4v) is 1.98. The third-order valence-electron chi connectivity index (χ3n) is 2.54. The van der Waals surface area contributed by atoms with E-state index in [-0.39, 0.29) is 0 Å². The van der Waals surface area contributed by atoms with E-state index in [1.54, 1.807) is 0 Å². The summed E-state index contributed by atoms with van der Waals surface area (Å²) in [6, 6.07) is 0. The van der Waals surface area contributed by atoms with E-state index in [4.69, 9.17) is 0 Å². The SMILES string of the molecule is CC(C)CCN1CCC(Br)CC1. The molecule has 0 spiro atoms. The van der Waals surface area contributed by atoms with Crippen LogP contribution in [0, 0.1) is 5.92 Å². The Morgan fingerprint density at radius 1 is 1.33 bits per heavy atom. The van der Waals surface area contributed by atoms with Crippen molar-refractivity contribution in [1.29, 1.82) is 0 Å². The number of hydrogen-bond donors (Lipinski definition) is 0. The first-order valence-corrected chi connectivity index (χ1v) is 5.96. The summed E-state index contributed by atoms with van der Waals surface area (Å²) >= 11 is 3.67. The second-order valence-corrected chi connectivity index (χ2v) is 5.49. The molecule has 72 valence electrons. The third kappa shape index (κ3) is 3.90. The molecule has 0 aliphatic carbocycles. The Morgan fingerprint density at radius 2 is 1.92 bits per heavy atom. The summed E-state index contributed by atoms with van der Waals surface area (Å²) in [5.74, 6) is 0.853. The van der Waals surface area contributed by atoms with Crippen LogP contribution in [0.3, 0.4) is 0 Å². The average molecular weight is 234 g/mol. The zero-order valence-electron chi connectivity index (χ0n) is 8.22. The highest BCUT2D eigenvalue weighted by Crippen LogP contribution is 2.17. The van der Waals surface area contributed by atoms with Gasteiger partial charge in [-0.2, -0.15) is 0 Å². The molecule has 0 aromatic rings. The molecule has 0 N–H and O–H groups in total. The average Bonchev–Trinajstić information content (AvgIpc) is 2.03. The van der Waals surface area contributed by atoms with Crippen molar-refractivity contribution in [3.8, 4) is 0 Å². The minimum atomic E-state index is 0.785. The standard InChI is InChI=1S/C10H20BrN/c1-9(2)3-6-12-7-4-10(11)5-8-12/h9-10H,3-8H2,1-2H3. The Morgan fingerprint density at radius 3 is 2.42 bits per heavy atom. The van der Waals surface area contributed by atoms with Crippen LogP contribution in [0.1, 0.15) is 33.1 Å². The van der Waals surface area contributed by atoms with Gasteiger partial charge in [0.25, 0.3) is 0 Å². The van der Waals surface area contributed by atoms with Crippen LogP contribution in [0.25, 0.3) is 0 Å². The van der Waals surface area contributed by atoms with Crippen molar-refractivity contribution < 1.29 is 0 Å². The van der Waals surface area contributed by atoms with E-state index in [2.05, 4.69) is 34.7 Å². The van der Waals surface area contributed by atoms with Crippen LogP contribution >= 0.6 is 15.9 Å². The van der Waals surface area contributed by atoms with Crippen LogP contribution in [0.2, 0.25) is 0 Å². The maximum absolute atomic E-state index is 3.67. The molecule has 1 fully saturated rings. The quantitative estimate of drug-likeness (QED) is 0.679. The maximum Gasteiger partial charge on any atom is 0.0170 e. The summed E-state index contributed by atoms with van der Waals surface area (Å²) in [6.45, 7) is 8.50. The monoisotopic (exact) mass is 233 g/mol. The Labute approximate surface area is 84.6 Å². The number of rotatable bonds is 3. The second kappa shape index (κ2) is 5.23. The highest BCUT2D eigenvalue weighted by atomic mass is 79.9. The van der Waals surface area contributed by atoms with Gasteiger partial charge in [0.1, 0.15) is 0 Å². The van der Waals surface area contributed by atoms with Crippen molar-refractivity contribution in [1.82, 2.24) is 4.90 Å². The van der Waals surface area contributed by atoms with Gasteiger partial charge in [0, 0.05) is 4.83 Å². The molecule has 0 saturated carbocycles. The molecule has 0 amide bonds. The summed E-state index contributed by atoms with van der Waals surface area (Å²) in [6.07, 6.45) is 4.02. The van der Waals surface area contributed by atoms with Gasteiger partial charge in [0.15, 0.2) is 0 Å². The van der Waals surface area contributed by atoms with Gasteiger partial charge in [-0.3, -0.25) is 0 Å². The summed E-state index contributed by atoms with van der Waals surface area (Å²) in [7, 11) is 0. The summed E-state index contributed by atoms with van der Waals surface area (Å²) in [5.41, 5.74) is 0. The molecule has 0 aromatic heterocycles. The lowest BCUT2D eigenvalue weighted by Crippen LogP contribution is -2.34. The van der Waals surface area contributed by atoms with Gasteiger partial charge in [-0.05, 0) is 44.8 Å². The van der Waals surface area contributed by atoms with Gasteiger partial charge in [-0.25, -0.2) is 0 Å². The molecule has 1 saturated heterocycles. The lowest BCUT2D eigenvalue weighted by molar-refractivity contribution is 0.222. The maximum atomic E-state index is 3.67. The van der Waals surface area contributed by atoms with E-state index in [1.807, 2.05) is 0 Å². The van der Waals surface area contributed by atoms with Gasteiger partial charge >= 0.3 is 0 Å². The molecule has 0 radical (unpaired) electrons. The normalized spacial score (nSPS) is 22.0. The van der Waals surface area contributed by atoms with Gasteiger partial charge in [0.2, 0.25) is 0 Å². The minimum Gasteiger partial charge on any atom is -0.303 e. The van der Waals surface area contributed by atoms with Crippen LogP contribution in [-0.2, 0) is 0 Å². The largest absolute Gasteiger partial charge is 0.303 e. The Bertz CT molecular complexity index is 117. The number of hydrogen-bond acceptors (Lipinski definition) is 1. The minimum absolute atomic E-state index is 0.785. The number of nitrogens with zero attached hydrogens (tertiary/aromatic N) is 1. The van der Waals surface area contributed by atoms with Crippen molar-refractivity contribution in [2.45, 2.75) is 37.9 Å². The van der Waals surface area contributed by atoms with E-state index in [0.29, 0.717) is 0 Å². The van der Waals surface area contributed by atoms with E-state index < -0.39 is 0 Å². The molecule has 0 atom stereocenters. The fraction of sp³-hybridized carbons (Fsp3) is 1.00. The molecule has 0 bridgehead atoms. The topological polar surface area (TPSA) is 3.24 Å². The Balaban J connectivity index is 2.09. The zero-order chi connectivity index (χ0) is 8.97. The molecule has 2 heteroatoms. The van der Waals surface area contributed by atoms with Crippen molar-refractivity contribution in [3.63, 3.8) is 0 Å². The first-order chi connectivity index (χ1) is 5.68. The number of piperidine rings is 1. The van der Waals surface area contributed by atoms with Crippen molar-refractivity contribution in [2.24, 2.45) is 5.92 Å². The summed E-state index contributed by atoms with van der Waals surface area (Å²) < 4.78 is 0. The summed E-state index contributed by atoms with van der Waals surface area (Å²) in [5, 5.41) is 0. The molecule has 1 rings (SSSR count). The predicted octanol–water partition coefficient (Wildman–Crippen LogP) is 2.89. The fourth-order valence-electron chi connectivity index (χ4n) is 1.57. The lowest BCUT2D eigenvalue weighted by atomic mass is 10.1. The number of likely N-dealkylation sites (tertiary alicyclic amines) is 1. The van der Waals surface area contributed by atoms with E-state index in [9.17, 15) is 0 Å². The molecule has 1 nitrogen and oxygen atoms in total. The van der Waals surface area contributed by atoms with Crippen molar-refractivity contribution in [2.75, 3.05) is 19.6 Å². The third-order valence-corrected chi connectivity index (χ3v) is 3.46. The van der Waals surface area contributed by atoms with Crippen LogP contribution in [0.5, 0.6) is 0 Å². The molecular weight excluding hydrogens is 214 g/mol. The number of halogens is 1. The highest BCUT2D eigenvalue weighted by molar-refractivity contribution is 9.09. The first kappa shape index (κ1) is 10.5. The molecular formula is C10H20BrN. The Hall–Kier alpha value is 0.440. The first-order valence-electron chi connectivity index (χ1n) is 5.05. The predicted molar refractivity (Wildman–Crippen MR) is 57.8 cm³/mol. The van der Waals surface area contributed by atoms with Crippen LogP contribution in [0.15, 0.2) is 0 Å². The zero-order valence-corrected chi connectivity index (χ0v) is 9.81.